The Labute approximate surface area is 385 Å². The molecule has 0 spiro atoms. The summed E-state index contributed by atoms with van der Waals surface area (Å²) in [7, 11) is 0. The van der Waals surface area contributed by atoms with Crippen LogP contribution < -0.4 is 4.90 Å². The van der Waals surface area contributed by atoms with Gasteiger partial charge in [0.25, 0.3) is 0 Å². The van der Waals surface area contributed by atoms with E-state index in [0.717, 1.165) is 33.9 Å². The summed E-state index contributed by atoms with van der Waals surface area (Å²) in [6, 6.07) is 97.0. The largest absolute Gasteiger partial charge is 0.310 e. The lowest BCUT2D eigenvalue weighted by Gasteiger charge is -2.29. The summed E-state index contributed by atoms with van der Waals surface area (Å²) in [6.45, 7) is 0. The van der Waals surface area contributed by atoms with E-state index >= 15 is 0 Å². The van der Waals surface area contributed by atoms with Crippen molar-refractivity contribution in [3.8, 4) is 61.3 Å². The highest BCUT2D eigenvalue weighted by atomic mass is 15.1. The molecular weight excluding hydrogens is 797 g/mol. The van der Waals surface area contributed by atoms with Crippen LogP contribution in [-0.4, -0.2) is 4.57 Å². The molecule has 0 N–H and O–H groups in total. The van der Waals surface area contributed by atoms with Crippen LogP contribution in [0.1, 0.15) is 0 Å². The monoisotopic (exact) mass is 840 g/mol. The first-order valence-electron chi connectivity index (χ1n) is 22.7. The molecular formula is C64H44N2. The Bertz CT molecular complexity index is 3620. The van der Waals surface area contributed by atoms with Gasteiger partial charge in [-0.25, -0.2) is 0 Å². The Morgan fingerprint density at radius 1 is 0.258 bits per heavy atom. The molecule has 2 heteroatoms. The van der Waals surface area contributed by atoms with Crippen molar-refractivity contribution in [3.05, 3.63) is 267 Å². The molecule has 0 amide bonds. The molecule has 0 saturated carbocycles. The highest BCUT2D eigenvalue weighted by Gasteiger charge is 2.22. The summed E-state index contributed by atoms with van der Waals surface area (Å²) < 4.78 is 2.39. The second kappa shape index (κ2) is 16.8. The first-order chi connectivity index (χ1) is 32.8. The predicted molar refractivity (Wildman–Crippen MR) is 280 cm³/mol. The summed E-state index contributed by atoms with van der Waals surface area (Å²) in [6.07, 6.45) is 0. The molecule has 1 aromatic heterocycles. The summed E-state index contributed by atoms with van der Waals surface area (Å²) in [5.41, 5.74) is 18.6. The summed E-state index contributed by atoms with van der Waals surface area (Å²) in [4.78, 5) is 2.43. The fourth-order valence-electron chi connectivity index (χ4n) is 9.94. The van der Waals surface area contributed by atoms with Crippen molar-refractivity contribution in [3.63, 3.8) is 0 Å². The van der Waals surface area contributed by atoms with Gasteiger partial charge in [-0.05, 0) is 122 Å². The number of rotatable bonds is 9. The Hall–Kier alpha value is -8.72. The zero-order chi connectivity index (χ0) is 43.8. The summed E-state index contributed by atoms with van der Waals surface area (Å²) >= 11 is 0. The molecule has 12 rings (SSSR count). The molecule has 0 aliphatic carbocycles. The molecule has 0 aliphatic heterocycles. The zero-order valence-corrected chi connectivity index (χ0v) is 36.3. The molecule has 66 heavy (non-hydrogen) atoms. The van der Waals surface area contributed by atoms with Crippen molar-refractivity contribution in [1.82, 2.24) is 4.57 Å². The maximum atomic E-state index is 2.43. The third-order valence-electron chi connectivity index (χ3n) is 13.0. The number of hydrogen-bond donors (Lipinski definition) is 0. The van der Waals surface area contributed by atoms with Crippen LogP contribution in [0, 0.1) is 0 Å². The van der Waals surface area contributed by atoms with Gasteiger partial charge in [0.15, 0.2) is 0 Å². The van der Waals surface area contributed by atoms with Gasteiger partial charge in [0.1, 0.15) is 0 Å². The van der Waals surface area contributed by atoms with Gasteiger partial charge in [0, 0.05) is 33.4 Å². The Morgan fingerprint density at radius 2 is 0.727 bits per heavy atom. The van der Waals surface area contributed by atoms with Crippen molar-refractivity contribution in [2.24, 2.45) is 0 Å². The van der Waals surface area contributed by atoms with Gasteiger partial charge in [-0.15, -0.1) is 0 Å². The van der Waals surface area contributed by atoms with E-state index in [9.17, 15) is 0 Å². The number of nitrogens with zero attached hydrogens (tertiary/aromatic N) is 2. The van der Waals surface area contributed by atoms with E-state index < -0.39 is 0 Å². The highest BCUT2D eigenvalue weighted by Crippen LogP contribution is 2.47. The van der Waals surface area contributed by atoms with Gasteiger partial charge in [-0.1, -0.05) is 206 Å². The lowest BCUT2D eigenvalue weighted by molar-refractivity contribution is 1.17. The smallest absolute Gasteiger partial charge is 0.0541 e. The molecule has 0 aliphatic rings. The third kappa shape index (κ3) is 6.93. The average molecular weight is 841 g/mol. The van der Waals surface area contributed by atoms with E-state index in [1.54, 1.807) is 0 Å². The van der Waals surface area contributed by atoms with Crippen molar-refractivity contribution < 1.29 is 0 Å². The van der Waals surface area contributed by atoms with E-state index in [4.69, 9.17) is 0 Å². The van der Waals surface area contributed by atoms with Gasteiger partial charge < -0.3 is 9.47 Å². The lowest BCUT2D eigenvalue weighted by Crippen LogP contribution is -2.11. The Morgan fingerprint density at radius 3 is 1.42 bits per heavy atom. The van der Waals surface area contributed by atoms with Crippen LogP contribution >= 0.6 is 0 Å². The van der Waals surface area contributed by atoms with Gasteiger partial charge in [-0.2, -0.15) is 0 Å². The van der Waals surface area contributed by atoms with Crippen molar-refractivity contribution in [2.75, 3.05) is 4.90 Å². The second-order valence-electron chi connectivity index (χ2n) is 16.9. The summed E-state index contributed by atoms with van der Waals surface area (Å²) in [5, 5.41) is 4.99. The fourth-order valence-corrected chi connectivity index (χ4v) is 9.94. The number of para-hydroxylation sites is 3. The number of fused-ring (bicyclic) bond motifs is 4. The molecule has 0 radical (unpaired) electrons. The minimum absolute atomic E-state index is 1.07. The zero-order valence-electron chi connectivity index (χ0n) is 36.3. The number of hydrogen-bond acceptors (Lipinski definition) is 1. The van der Waals surface area contributed by atoms with Crippen LogP contribution in [0.5, 0.6) is 0 Å². The highest BCUT2D eigenvalue weighted by molar-refractivity contribution is 6.09. The van der Waals surface area contributed by atoms with E-state index in [1.807, 2.05) is 0 Å². The maximum absolute atomic E-state index is 2.43. The minimum Gasteiger partial charge on any atom is -0.310 e. The molecule has 0 atom stereocenters. The van der Waals surface area contributed by atoms with Crippen molar-refractivity contribution in [2.45, 2.75) is 0 Å². The second-order valence-corrected chi connectivity index (χ2v) is 16.9. The quantitative estimate of drug-likeness (QED) is 0.141. The van der Waals surface area contributed by atoms with Crippen LogP contribution in [0.4, 0.5) is 17.1 Å². The van der Waals surface area contributed by atoms with Gasteiger partial charge in [0.05, 0.1) is 16.7 Å². The van der Waals surface area contributed by atoms with Gasteiger partial charge in [-0.3, -0.25) is 0 Å². The fraction of sp³-hybridized carbons (Fsp3) is 0. The normalized spacial score (nSPS) is 11.3. The third-order valence-corrected chi connectivity index (χ3v) is 13.0. The SMILES string of the molecule is c1ccc(-c2ccc(-c3ccccc3N(c3ccc(-c4cccc5ccccc45)cc3)c3ccc(-n4c5ccccc5c5ccccc54)cc3)c(-c3ccccc3-c3ccccc3)c2)cc1. The molecule has 0 unspecified atom stereocenters. The van der Waals surface area contributed by atoms with E-state index in [2.05, 4.69) is 276 Å². The molecule has 0 saturated heterocycles. The molecule has 310 valence electrons. The van der Waals surface area contributed by atoms with E-state index in [0.29, 0.717) is 0 Å². The van der Waals surface area contributed by atoms with Crippen LogP contribution in [0.3, 0.4) is 0 Å². The van der Waals surface area contributed by atoms with Crippen LogP contribution in [0.2, 0.25) is 0 Å². The molecule has 1 heterocycles. The topological polar surface area (TPSA) is 8.17 Å². The standard InChI is InChI=1S/C64H44N2/c1-3-18-45(19-4-1)49-36-43-57(61(44-49)56-26-10-9-25-55(56)46-20-5-2-6-21-46)58-27-11-14-31-62(58)65(50-37-34-48(35-38-50)54-30-17-23-47-22-7-8-24-53(47)54)51-39-41-52(42-40-51)66-63-32-15-12-28-59(63)60-29-13-16-33-64(60)66/h1-44H. The number of aromatic nitrogens is 1. The van der Waals surface area contributed by atoms with Crippen LogP contribution in [-0.2, 0) is 0 Å². The molecule has 0 fully saturated rings. The molecule has 11 aromatic carbocycles. The van der Waals surface area contributed by atoms with Gasteiger partial charge >= 0.3 is 0 Å². The number of benzene rings is 11. The first-order valence-corrected chi connectivity index (χ1v) is 22.7. The van der Waals surface area contributed by atoms with Gasteiger partial charge in [0.2, 0.25) is 0 Å². The molecule has 12 aromatic rings. The van der Waals surface area contributed by atoms with Crippen molar-refractivity contribution >= 4 is 49.6 Å². The van der Waals surface area contributed by atoms with Crippen molar-refractivity contribution in [1.29, 1.82) is 0 Å². The van der Waals surface area contributed by atoms with Crippen LogP contribution in [0.15, 0.2) is 267 Å². The average Bonchev–Trinajstić information content (AvgIpc) is 3.74. The minimum atomic E-state index is 1.07. The van der Waals surface area contributed by atoms with Crippen LogP contribution in [0.25, 0.3) is 93.9 Å². The Balaban J connectivity index is 1.05. The summed E-state index contributed by atoms with van der Waals surface area (Å²) in [5.74, 6) is 0. The van der Waals surface area contributed by atoms with E-state index in [1.165, 1.54) is 77.1 Å². The first kappa shape index (κ1) is 38.9. The Kier molecular flexibility index (Phi) is 9.89. The van der Waals surface area contributed by atoms with E-state index in [-0.39, 0.29) is 0 Å². The number of anilines is 3. The molecule has 0 bridgehead atoms. The maximum Gasteiger partial charge on any atom is 0.0541 e. The predicted octanol–water partition coefficient (Wildman–Crippen LogP) is 17.7. The lowest BCUT2D eigenvalue weighted by atomic mass is 9.86. The molecule has 2 nitrogen and oxygen atoms in total.